The van der Waals surface area contributed by atoms with Crippen LogP contribution in [-0.2, 0) is 12.5 Å². The van der Waals surface area contributed by atoms with E-state index in [4.69, 9.17) is 6.57 Å². The molecule has 1 heterocycles. The van der Waals surface area contributed by atoms with Gasteiger partial charge in [-0.05, 0) is 35.1 Å². The standard InChI is InChI=1S/C22H21N2/c1-13-8-7-9-17-19(13)21-20-15(10-14(2)24(21)6)11-16(23-5)12-18(20)22(17,3)4/h7-12H,1-4,6H3/q+1. The summed E-state index contributed by atoms with van der Waals surface area (Å²) in [6, 6.07) is 12.9. The Morgan fingerprint density at radius 2 is 1.79 bits per heavy atom. The van der Waals surface area contributed by atoms with Crippen molar-refractivity contribution in [3.05, 3.63) is 70.2 Å². The molecule has 0 N–H and O–H groups in total. The van der Waals surface area contributed by atoms with E-state index in [-0.39, 0.29) is 5.41 Å². The van der Waals surface area contributed by atoms with Gasteiger partial charge in [0.25, 0.3) is 0 Å². The molecule has 0 spiro atoms. The number of hydrogen-bond donors (Lipinski definition) is 0. The van der Waals surface area contributed by atoms with Crippen molar-refractivity contribution >= 4 is 16.5 Å². The van der Waals surface area contributed by atoms with Gasteiger partial charge in [0.05, 0.1) is 17.5 Å². The molecule has 0 saturated heterocycles. The molecular formula is C22H21N2+. The van der Waals surface area contributed by atoms with Crippen LogP contribution in [0.5, 0.6) is 0 Å². The maximum atomic E-state index is 7.49. The van der Waals surface area contributed by atoms with Crippen LogP contribution in [0.15, 0.2) is 36.4 Å². The van der Waals surface area contributed by atoms with Gasteiger partial charge in [-0.25, -0.2) is 4.85 Å². The molecule has 1 aliphatic rings. The molecule has 2 aromatic carbocycles. The zero-order chi connectivity index (χ0) is 17.2. The fourth-order valence-electron chi connectivity index (χ4n) is 4.19. The van der Waals surface area contributed by atoms with Crippen LogP contribution < -0.4 is 4.57 Å². The minimum absolute atomic E-state index is 0.116. The van der Waals surface area contributed by atoms with Crippen molar-refractivity contribution in [2.45, 2.75) is 33.1 Å². The minimum Gasteiger partial charge on any atom is -0.238 e. The van der Waals surface area contributed by atoms with Gasteiger partial charge in [-0.2, -0.15) is 4.57 Å². The van der Waals surface area contributed by atoms with Crippen molar-refractivity contribution in [1.82, 2.24) is 0 Å². The predicted octanol–water partition coefficient (Wildman–Crippen LogP) is 5.14. The van der Waals surface area contributed by atoms with Crippen molar-refractivity contribution in [3.8, 4) is 11.3 Å². The fourth-order valence-corrected chi connectivity index (χ4v) is 4.19. The molecule has 1 aliphatic carbocycles. The van der Waals surface area contributed by atoms with Crippen molar-refractivity contribution in [3.63, 3.8) is 0 Å². The lowest BCUT2D eigenvalue weighted by Crippen LogP contribution is -2.38. The Hall–Kier alpha value is -2.66. The molecule has 0 fully saturated rings. The van der Waals surface area contributed by atoms with E-state index in [2.05, 4.69) is 74.5 Å². The summed E-state index contributed by atoms with van der Waals surface area (Å²) in [7, 11) is 2.14. The molecule has 24 heavy (non-hydrogen) atoms. The first-order valence-corrected chi connectivity index (χ1v) is 8.32. The maximum Gasteiger partial charge on any atom is 0.221 e. The van der Waals surface area contributed by atoms with Crippen LogP contribution in [0.3, 0.4) is 0 Å². The van der Waals surface area contributed by atoms with Gasteiger partial charge in [0.2, 0.25) is 5.69 Å². The van der Waals surface area contributed by atoms with E-state index in [1.807, 2.05) is 6.07 Å². The van der Waals surface area contributed by atoms with Crippen LogP contribution in [0.1, 0.15) is 36.2 Å². The van der Waals surface area contributed by atoms with Gasteiger partial charge in [0, 0.05) is 18.4 Å². The second-order valence-electron chi connectivity index (χ2n) is 7.39. The number of benzene rings is 2. The van der Waals surface area contributed by atoms with E-state index in [0.29, 0.717) is 0 Å². The molecule has 2 nitrogen and oxygen atoms in total. The first kappa shape index (κ1) is 14.9. The summed E-state index contributed by atoms with van der Waals surface area (Å²) in [5, 5.41) is 2.47. The summed E-state index contributed by atoms with van der Waals surface area (Å²) < 4.78 is 2.30. The third-order valence-electron chi connectivity index (χ3n) is 5.60. The number of fused-ring (bicyclic) bond motifs is 2. The molecule has 2 heteroatoms. The van der Waals surface area contributed by atoms with E-state index in [1.54, 1.807) is 0 Å². The van der Waals surface area contributed by atoms with Gasteiger partial charge < -0.3 is 0 Å². The van der Waals surface area contributed by atoms with Crippen LogP contribution in [0.4, 0.5) is 5.69 Å². The number of hydrogen-bond acceptors (Lipinski definition) is 0. The zero-order valence-electron chi connectivity index (χ0n) is 14.9. The number of rotatable bonds is 0. The van der Waals surface area contributed by atoms with E-state index >= 15 is 0 Å². The summed E-state index contributed by atoms with van der Waals surface area (Å²) in [5.74, 6) is 0. The maximum absolute atomic E-state index is 7.49. The normalized spacial score (nSPS) is 14.3. The highest BCUT2D eigenvalue weighted by molar-refractivity contribution is 6.02. The molecule has 0 saturated carbocycles. The summed E-state index contributed by atoms with van der Waals surface area (Å²) in [4.78, 5) is 3.72. The van der Waals surface area contributed by atoms with Crippen LogP contribution in [0.25, 0.3) is 26.9 Å². The quantitative estimate of drug-likeness (QED) is 0.401. The molecule has 0 amide bonds. The molecule has 0 unspecified atom stereocenters. The average Bonchev–Trinajstić information content (AvgIpc) is 2.55. The Morgan fingerprint density at radius 3 is 2.50 bits per heavy atom. The van der Waals surface area contributed by atoms with Crippen molar-refractivity contribution in [2.75, 3.05) is 0 Å². The second-order valence-corrected chi connectivity index (χ2v) is 7.39. The first-order chi connectivity index (χ1) is 11.4. The van der Waals surface area contributed by atoms with Crippen molar-refractivity contribution in [2.24, 2.45) is 7.05 Å². The van der Waals surface area contributed by atoms with E-state index < -0.39 is 0 Å². The number of pyridine rings is 1. The summed E-state index contributed by atoms with van der Waals surface area (Å²) in [5.41, 5.74) is 8.36. The molecular weight excluding hydrogens is 292 g/mol. The van der Waals surface area contributed by atoms with Gasteiger partial charge >= 0.3 is 0 Å². The van der Waals surface area contributed by atoms with E-state index in [0.717, 1.165) is 5.69 Å². The van der Waals surface area contributed by atoms with Gasteiger partial charge in [-0.15, -0.1) is 0 Å². The van der Waals surface area contributed by atoms with E-state index in [9.17, 15) is 0 Å². The second kappa shape index (κ2) is 4.68. The number of aryl methyl sites for hydroxylation is 2. The minimum atomic E-state index is -0.116. The van der Waals surface area contributed by atoms with Gasteiger partial charge in [-0.1, -0.05) is 38.1 Å². The van der Waals surface area contributed by atoms with Gasteiger partial charge in [-0.3, -0.25) is 0 Å². The molecule has 0 atom stereocenters. The van der Waals surface area contributed by atoms with Crippen LogP contribution in [0.2, 0.25) is 0 Å². The highest BCUT2D eigenvalue weighted by Gasteiger charge is 2.38. The third kappa shape index (κ3) is 1.73. The topological polar surface area (TPSA) is 8.24 Å². The third-order valence-corrected chi connectivity index (χ3v) is 5.60. The number of aromatic nitrogens is 1. The van der Waals surface area contributed by atoms with Gasteiger partial charge in [0.15, 0.2) is 11.4 Å². The molecule has 0 radical (unpaired) electrons. The molecule has 0 bridgehead atoms. The molecule has 3 aromatic rings. The number of nitrogens with zero attached hydrogens (tertiary/aromatic N) is 2. The Labute approximate surface area is 143 Å². The smallest absolute Gasteiger partial charge is 0.221 e. The van der Waals surface area contributed by atoms with E-state index in [1.165, 1.54) is 44.4 Å². The lowest BCUT2D eigenvalue weighted by atomic mass is 9.68. The largest absolute Gasteiger partial charge is 0.238 e. The monoisotopic (exact) mass is 313 g/mol. The highest BCUT2D eigenvalue weighted by Crippen LogP contribution is 2.49. The fraction of sp³-hybridized carbons (Fsp3) is 0.273. The highest BCUT2D eigenvalue weighted by atomic mass is 14.9. The van der Waals surface area contributed by atoms with Crippen LogP contribution in [-0.4, -0.2) is 0 Å². The molecule has 118 valence electrons. The van der Waals surface area contributed by atoms with Crippen molar-refractivity contribution < 1.29 is 4.57 Å². The molecule has 1 aromatic heterocycles. The molecule has 0 aliphatic heterocycles. The van der Waals surface area contributed by atoms with Crippen LogP contribution in [0, 0.1) is 20.4 Å². The predicted molar refractivity (Wildman–Crippen MR) is 98.4 cm³/mol. The lowest BCUT2D eigenvalue weighted by Gasteiger charge is -2.34. The Morgan fingerprint density at radius 1 is 1.04 bits per heavy atom. The Bertz CT molecular complexity index is 1070. The SMILES string of the molecule is [C-]#[N+]c1cc2c3c([n+](C)c(C)cc3c1)-c1c(C)cccc1C2(C)C. The lowest BCUT2D eigenvalue weighted by molar-refractivity contribution is -0.665. The van der Waals surface area contributed by atoms with Crippen molar-refractivity contribution in [1.29, 1.82) is 0 Å². The average molecular weight is 313 g/mol. The summed E-state index contributed by atoms with van der Waals surface area (Å²) in [6.07, 6.45) is 0. The van der Waals surface area contributed by atoms with Gasteiger partial charge in [0.1, 0.15) is 7.05 Å². The first-order valence-electron chi connectivity index (χ1n) is 8.32. The summed E-state index contributed by atoms with van der Waals surface area (Å²) in [6.45, 7) is 16.4. The molecule has 4 rings (SSSR count). The Kier molecular flexibility index (Phi) is 2.90. The Balaban J connectivity index is 2.34. The van der Waals surface area contributed by atoms with Crippen LogP contribution >= 0.6 is 0 Å². The zero-order valence-corrected chi connectivity index (χ0v) is 14.9. The summed E-state index contributed by atoms with van der Waals surface area (Å²) >= 11 is 0.